The van der Waals surface area contributed by atoms with Crippen LogP contribution >= 0.6 is 0 Å². The normalized spacial score (nSPS) is 24.5. The molecular weight excluding hydrogens is 178 g/mol. The van der Waals surface area contributed by atoms with E-state index in [-0.39, 0.29) is 17.5 Å². The summed E-state index contributed by atoms with van der Waals surface area (Å²) in [5.74, 6) is -0.204. The van der Waals surface area contributed by atoms with Gasteiger partial charge in [-0.3, -0.25) is 9.69 Å². The Labute approximate surface area is 85.8 Å². The zero-order chi connectivity index (χ0) is 10.8. The van der Waals surface area contributed by atoms with Gasteiger partial charge in [-0.15, -0.1) is 0 Å². The van der Waals surface area contributed by atoms with Crippen molar-refractivity contribution < 1.29 is 4.79 Å². The Morgan fingerprint density at radius 3 is 2.71 bits per heavy atom. The summed E-state index contributed by atoms with van der Waals surface area (Å²) < 4.78 is 0. The van der Waals surface area contributed by atoms with E-state index >= 15 is 0 Å². The largest absolute Gasteiger partial charge is 0.368 e. The molecule has 0 radical (unpaired) electrons. The molecular formula is C10H21N3O. The van der Waals surface area contributed by atoms with E-state index in [0.29, 0.717) is 0 Å². The van der Waals surface area contributed by atoms with Crippen LogP contribution in [0.15, 0.2) is 0 Å². The van der Waals surface area contributed by atoms with E-state index in [9.17, 15) is 4.79 Å². The van der Waals surface area contributed by atoms with Crippen molar-refractivity contribution in [2.24, 2.45) is 5.73 Å². The van der Waals surface area contributed by atoms with Crippen molar-refractivity contribution in [3.63, 3.8) is 0 Å². The van der Waals surface area contributed by atoms with Crippen molar-refractivity contribution in [1.29, 1.82) is 0 Å². The molecule has 0 aromatic heterocycles. The standard InChI is InChI=1S/C10H21N3O/c1-4-8(9(11)14)13-6-5-12-10(2,3)7-13/h8,12H,4-7H2,1-3H3,(H2,11,14). The number of rotatable bonds is 3. The SMILES string of the molecule is CCC(C(N)=O)N1CCNC(C)(C)C1. The summed E-state index contributed by atoms with van der Waals surface area (Å²) >= 11 is 0. The number of nitrogens with one attached hydrogen (secondary N) is 1. The van der Waals surface area contributed by atoms with Crippen LogP contribution < -0.4 is 11.1 Å². The fourth-order valence-electron chi connectivity index (χ4n) is 2.09. The Morgan fingerprint density at radius 2 is 2.29 bits per heavy atom. The van der Waals surface area contributed by atoms with Gasteiger partial charge in [-0.2, -0.15) is 0 Å². The Hall–Kier alpha value is -0.610. The molecule has 0 aliphatic carbocycles. The lowest BCUT2D eigenvalue weighted by Crippen LogP contribution is -2.61. The fourth-order valence-corrected chi connectivity index (χ4v) is 2.09. The molecule has 1 saturated heterocycles. The van der Waals surface area contributed by atoms with Crippen molar-refractivity contribution in [1.82, 2.24) is 10.2 Å². The minimum absolute atomic E-state index is 0.0844. The second-order valence-corrected chi connectivity index (χ2v) is 4.61. The number of primary amides is 1. The molecule has 1 rings (SSSR count). The Kier molecular flexibility index (Phi) is 3.50. The fraction of sp³-hybridized carbons (Fsp3) is 0.900. The van der Waals surface area contributed by atoms with Gasteiger partial charge in [0, 0.05) is 25.2 Å². The van der Waals surface area contributed by atoms with Gasteiger partial charge < -0.3 is 11.1 Å². The molecule has 82 valence electrons. The highest BCUT2D eigenvalue weighted by Crippen LogP contribution is 2.14. The lowest BCUT2D eigenvalue weighted by Gasteiger charge is -2.41. The maximum atomic E-state index is 11.2. The Morgan fingerprint density at radius 1 is 1.64 bits per heavy atom. The van der Waals surface area contributed by atoms with Gasteiger partial charge in [0.15, 0.2) is 0 Å². The first-order valence-corrected chi connectivity index (χ1v) is 5.24. The number of hydrogen-bond acceptors (Lipinski definition) is 3. The minimum atomic E-state index is -0.204. The minimum Gasteiger partial charge on any atom is -0.368 e. The van der Waals surface area contributed by atoms with E-state index < -0.39 is 0 Å². The molecule has 1 aliphatic rings. The lowest BCUT2D eigenvalue weighted by atomic mass is 10.00. The van der Waals surface area contributed by atoms with Crippen LogP contribution in [0.5, 0.6) is 0 Å². The number of amides is 1. The number of nitrogens with two attached hydrogens (primary N) is 1. The number of nitrogens with zero attached hydrogens (tertiary/aromatic N) is 1. The van der Waals surface area contributed by atoms with Crippen LogP contribution in [0.25, 0.3) is 0 Å². The highest BCUT2D eigenvalue weighted by Gasteiger charge is 2.31. The van der Waals surface area contributed by atoms with Gasteiger partial charge in [0.05, 0.1) is 6.04 Å². The summed E-state index contributed by atoms with van der Waals surface area (Å²) in [7, 11) is 0. The molecule has 4 heteroatoms. The summed E-state index contributed by atoms with van der Waals surface area (Å²) in [4.78, 5) is 13.4. The van der Waals surface area contributed by atoms with Crippen molar-refractivity contribution in [3.8, 4) is 0 Å². The molecule has 1 heterocycles. The van der Waals surface area contributed by atoms with E-state index in [4.69, 9.17) is 5.73 Å². The summed E-state index contributed by atoms with van der Waals surface area (Å²) in [6.07, 6.45) is 0.797. The maximum absolute atomic E-state index is 11.2. The first kappa shape index (κ1) is 11.5. The average molecular weight is 199 g/mol. The van der Waals surface area contributed by atoms with Crippen LogP contribution in [-0.2, 0) is 4.79 Å². The van der Waals surface area contributed by atoms with Gasteiger partial charge >= 0.3 is 0 Å². The van der Waals surface area contributed by atoms with Crippen LogP contribution in [0, 0.1) is 0 Å². The summed E-state index contributed by atoms with van der Waals surface area (Å²) in [5, 5.41) is 3.41. The van der Waals surface area contributed by atoms with Crippen LogP contribution in [0.4, 0.5) is 0 Å². The van der Waals surface area contributed by atoms with E-state index in [1.807, 2.05) is 6.92 Å². The molecule has 1 aliphatic heterocycles. The number of carbonyl (C=O) groups is 1. The van der Waals surface area contributed by atoms with Gasteiger partial charge in [-0.05, 0) is 20.3 Å². The summed E-state index contributed by atoms with van der Waals surface area (Å²) in [5.41, 5.74) is 5.45. The van der Waals surface area contributed by atoms with Crippen LogP contribution in [0.1, 0.15) is 27.2 Å². The molecule has 4 nitrogen and oxygen atoms in total. The molecule has 0 spiro atoms. The molecule has 14 heavy (non-hydrogen) atoms. The molecule has 1 fully saturated rings. The first-order chi connectivity index (χ1) is 6.46. The highest BCUT2D eigenvalue weighted by atomic mass is 16.1. The van der Waals surface area contributed by atoms with Crippen LogP contribution in [0.3, 0.4) is 0 Å². The average Bonchev–Trinajstić information content (AvgIpc) is 2.02. The monoisotopic (exact) mass is 199 g/mol. The molecule has 3 N–H and O–H groups in total. The summed E-state index contributed by atoms with van der Waals surface area (Å²) in [6.45, 7) is 9.01. The van der Waals surface area contributed by atoms with Crippen molar-refractivity contribution in [2.75, 3.05) is 19.6 Å². The maximum Gasteiger partial charge on any atom is 0.234 e. The topological polar surface area (TPSA) is 58.4 Å². The smallest absolute Gasteiger partial charge is 0.234 e. The number of piperazine rings is 1. The Balaban J connectivity index is 2.62. The Bertz CT molecular complexity index is 215. The van der Waals surface area contributed by atoms with Gasteiger partial charge in [0.2, 0.25) is 5.91 Å². The predicted octanol–water partition coefficient (Wildman–Crippen LogP) is -0.0659. The van der Waals surface area contributed by atoms with Gasteiger partial charge in [0.1, 0.15) is 0 Å². The van der Waals surface area contributed by atoms with E-state index in [2.05, 4.69) is 24.1 Å². The van der Waals surface area contributed by atoms with E-state index in [1.54, 1.807) is 0 Å². The third-order valence-electron chi connectivity index (χ3n) is 2.76. The van der Waals surface area contributed by atoms with Crippen molar-refractivity contribution in [3.05, 3.63) is 0 Å². The van der Waals surface area contributed by atoms with Crippen molar-refractivity contribution >= 4 is 5.91 Å². The van der Waals surface area contributed by atoms with E-state index in [1.165, 1.54) is 0 Å². The molecule has 0 aromatic carbocycles. The molecule has 0 aromatic rings. The predicted molar refractivity (Wildman–Crippen MR) is 56.9 cm³/mol. The third-order valence-corrected chi connectivity index (χ3v) is 2.76. The quantitative estimate of drug-likeness (QED) is 0.669. The zero-order valence-electron chi connectivity index (χ0n) is 9.34. The van der Waals surface area contributed by atoms with Gasteiger partial charge in [-0.1, -0.05) is 6.92 Å². The molecule has 1 amide bonds. The summed E-state index contributed by atoms with van der Waals surface area (Å²) in [6, 6.07) is -0.101. The molecule has 1 unspecified atom stereocenters. The third kappa shape index (κ3) is 2.69. The van der Waals surface area contributed by atoms with Crippen LogP contribution in [0.2, 0.25) is 0 Å². The number of carbonyl (C=O) groups excluding carboxylic acids is 1. The molecule has 0 saturated carbocycles. The molecule has 1 atom stereocenters. The lowest BCUT2D eigenvalue weighted by molar-refractivity contribution is -0.124. The molecule has 0 bridgehead atoms. The van der Waals surface area contributed by atoms with Crippen molar-refractivity contribution in [2.45, 2.75) is 38.8 Å². The van der Waals surface area contributed by atoms with E-state index in [0.717, 1.165) is 26.1 Å². The van der Waals surface area contributed by atoms with Crippen LogP contribution in [-0.4, -0.2) is 42.0 Å². The second kappa shape index (κ2) is 4.28. The van der Waals surface area contributed by atoms with Gasteiger partial charge in [0.25, 0.3) is 0 Å². The zero-order valence-corrected chi connectivity index (χ0v) is 9.34. The number of hydrogen-bond donors (Lipinski definition) is 2. The van der Waals surface area contributed by atoms with Gasteiger partial charge in [-0.25, -0.2) is 0 Å². The second-order valence-electron chi connectivity index (χ2n) is 4.61. The first-order valence-electron chi connectivity index (χ1n) is 5.24. The highest BCUT2D eigenvalue weighted by molar-refractivity contribution is 5.79.